The van der Waals surface area contributed by atoms with Crippen LogP contribution in [-0.2, 0) is 0 Å². The van der Waals surface area contributed by atoms with Crippen molar-refractivity contribution in [2.24, 2.45) is 0 Å². The summed E-state index contributed by atoms with van der Waals surface area (Å²) in [6.45, 7) is 8.81. The Morgan fingerprint density at radius 3 is 2.25 bits per heavy atom. The van der Waals surface area contributed by atoms with Crippen LogP contribution in [0.1, 0.15) is 40.0 Å². The van der Waals surface area contributed by atoms with Gasteiger partial charge in [-0.1, -0.05) is 6.42 Å². The quantitative estimate of drug-likeness (QED) is 0.625. The van der Waals surface area contributed by atoms with E-state index in [0.717, 1.165) is 19.1 Å². The lowest BCUT2D eigenvalue weighted by atomic mass is 9.93. The summed E-state index contributed by atoms with van der Waals surface area (Å²) in [6, 6.07) is 0.826. The summed E-state index contributed by atoms with van der Waals surface area (Å²) in [4.78, 5) is 0. The summed E-state index contributed by atoms with van der Waals surface area (Å²) in [5.41, 5.74) is 0.265. The largest absolute Gasteiger partial charge is 0.313 e. The molecule has 0 heterocycles. The fraction of sp³-hybridized carbons (Fsp3) is 1.00. The Labute approximate surface area is 76.1 Å². The van der Waals surface area contributed by atoms with Gasteiger partial charge in [-0.2, -0.15) is 0 Å². The summed E-state index contributed by atoms with van der Waals surface area (Å²) in [7, 11) is 0. The zero-order valence-corrected chi connectivity index (χ0v) is 8.61. The molecule has 0 spiro atoms. The average Bonchev–Trinajstić information content (AvgIpc) is 1.80. The van der Waals surface area contributed by atoms with Gasteiger partial charge in [-0.25, -0.2) is 0 Å². The summed E-state index contributed by atoms with van der Waals surface area (Å²) in [5.74, 6) is 0. The molecule has 1 aliphatic rings. The predicted octanol–water partition coefficient (Wildman–Crippen LogP) is 1.52. The predicted molar refractivity (Wildman–Crippen MR) is 53.4 cm³/mol. The molecule has 2 N–H and O–H groups in total. The van der Waals surface area contributed by atoms with E-state index < -0.39 is 0 Å². The maximum atomic E-state index is 3.53. The van der Waals surface area contributed by atoms with Gasteiger partial charge in [0.25, 0.3) is 0 Å². The van der Waals surface area contributed by atoms with Crippen LogP contribution in [-0.4, -0.2) is 24.7 Å². The van der Waals surface area contributed by atoms with Gasteiger partial charge in [0.1, 0.15) is 0 Å². The van der Waals surface area contributed by atoms with Crippen LogP contribution in [0.3, 0.4) is 0 Å². The first-order valence-corrected chi connectivity index (χ1v) is 5.06. The molecule has 1 fully saturated rings. The van der Waals surface area contributed by atoms with Crippen molar-refractivity contribution in [1.29, 1.82) is 0 Å². The minimum atomic E-state index is 0.265. The summed E-state index contributed by atoms with van der Waals surface area (Å²) in [5, 5.41) is 6.99. The van der Waals surface area contributed by atoms with Crippen LogP contribution in [0.5, 0.6) is 0 Å². The number of nitrogens with one attached hydrogen (secondary N) is 2. The first-order valence-electron chi connectivity index (χ1n) is 5.06. The van der Waals surface area contributed by atoms with Crippen LogP contribution in [0.2, 0.25) is 0 Å². The minimum Gasteiger partial charge on any atom is -0.313 e. The molecule has 2 heteroatoms. The lowest BCUT2D eigenvalue weighted by Gasteiger charge is -2.27. The topological polar surface area (TPSA) is 24.1 Å². The van der Waals surface area contributed by atoms with Crippen LogP contribution in [0, 0.1) is 0 Å². The molecule has 0 aliphatic heterocycles. The Bertz CT molecular complexity index is 122. The van der Waals surface area contributed by atoms with Gasteiger partial charge >= 0.3 is 0 Å². The van der Waals surface area contributed by atoms with Crippen molar-refractivity contribution >= 4 is 0 Å². The van der Waals surface area contributed by atoms with Crippen LogP contribution < -0.4 is 10.6 Å². The second kappa shape index (κ2) is 4.24. The molecule has 0 unspecified atom stereocenters. The van der Waals surface area contributed by atoms with Crippen molar-refractivity contribution < 1.29 is 0 Å². The van der Waals surface area contributed by atoms with Gasteiger partial charge in [0.05, 0.1) is 0 Å². The standard InChI is InChI=1S/C10H22N2/c1-10(2,3)12-8-7-11-9-5-4-6-9/h9,11-12H,4-8H2,1-3H3. The number of hydrogen-bond donors (Lipinski definition) is 2. The van der Waals surface area contributed by atoms with Crippen molar-refractivity contribution in [2.75, 3.05) is 13.1 Å². The summed E-state index contributed by atoms with van der Waals surface area (Å²) in [6.07, 6.45) is 4.19. The van der Waals surface area contributed by atoms with E-state index >= 15 is 0 Å². The minimum absolute atomic E-state index is 0.265. The third-order valence-corrected chi connectivity index (χ3v) is 2.32. The Balaban J connectivity index is 1.88. The zero-order valence-electron chi connectivity index (χ0n) is 8.61. The van der Waals surface area contributed by atoms with E-state index in [1.165, 1.54) is 19.3 Å². The monoisotopic (exact) mass is 170 g/mol. The van der Waals surface area contributed by atoms with E-state index in [9.17, 15) is 0 Å². The number of rotatable bonds is 4. The molecule has 0 aromatic carbocycles. The lowest BCUT2D eigenvalue weighted by Crippen LogP contribution is -2.43. The van der Waals surface area contributed by atoms with Crippen molar-refractivity contribution in [3.05, 3.63) is 0 Å². The van der Waals surface area contributed by atoms with Gasteiger partial charge in [0.15, 0.2) is 0 Å². The molecule has 12 heavy (non-hydrogen) atoms. The molecular weight excluding hydrogens is 148 g/mol. The van der Waals surface area contributed by atoms with Gasteiger partial charge in [0, 0.05) is 24.7 Å². The highest BCUT2D eigenvalue weighted by molar-refractivity contribution is 4.77. The van der Waals surface area contributed by atoms with Crippen molar-refractivity contribution in [2.45, 2.75) is 51.6 Å². The highest BCUT2D eigenvalue weighted by Crippen LogP contribution is 2.17. The summed E-state index contributed by atoms with van der Waals surface area (Å²) >= 11 is 0. The molecule has 2 nitrogen and oxygen atoms in total. The van der Waals surface area contributed by atoms with Crippen molar-refractivity contribution in [3.63, 3.8) is 0 Å². The van der Waals surface area contributed by atoms with Gasteiger partial charge in [0.2, 0.25) is 0 Å². The fourth-order valence-electron chi connectivity index (χ4n) is 1.33. The average molecular weight is 170 g/mol. The normalized spacial score (nSPS) is 19.2. The smallest absolute Gasteiger partial charge is 0.00970 e. The first kappa shape index (κ1) is 10.0. The van der Waals surface area contributed by atoms with Gasteiger partial charge in [-0.15, -0.1) is 0 Å². The SMILES string of the molecule is CC(C)(C)NCCNC1CCC1. The Kier molecular flexibility index (Phi) is 3.53. The molecule has 72 valence electrons. The maximum absolute atomic E-state index is 3.53. The second-order valence-corrected chi connectivity index (χ2v) is 4.76. The molecule has 1 rings (SSSR count). The van der Waals surface area contributed by atoms with E-state index in [1.807, 2.05) is 0 Å². The van der Waals surface area contributed by atoms with Crippen LogP contribution >= 0.6 is 0 Å². The van der Waals surface area contributed by atoms with Gasteiger partial charge < -0.3 is 10.6 Å². The van der Waals surface area contributed by atoms with E-state index in [0.29, 0.717) is 0 Å². The van der Waals surface area contributed by atoms with Crippen LogP contribution in [0.4, 0.5) is 0 Å². The van der Waals surface area contributed by atoms with Crippen molar-refractivity contribution in [3.8, 4) is 0 Å². The van der Waals surface area contributed by atoms with E-state index in [2.05, 4.69) is 31.4 Å². The first-order chi connectivity index (χ1) is 5.58. The summed E-state index contributed by atoms with van der Waals surface area (Å²) < 4.78 is 0. The Morgan fingerprint density at radius 1 is 1.17 bits per heavy atom. The third-order valence-electron chi connectivity index (χ3n) is 2.32. The molecule has 0 bridgehead atoms. The molecule has 0 radical (unpaired) electrons. The molecule has 0 saturated heterocycles. The van der Waals surface area contributed by atoms with E-state index in [4.69, 9.17) is 0 Å². The molecule has 1 saturated carbocycles. The van der Waals surface area contributed by atoms with Crippen LogP contribution in [0.25, 0.3) is 0 Å². The molecule has 0 aromatic heterocycles. The third kappa shape index (κ3) is 4.07. The van der Waals surface area contributed by atoms with Crippen LogP contribution in [0.15, 0.2) is 0 Å². The molecule has 0 aromatic rings. The van der Waals surface area contributed by atoms with E-state index in [1.54, 1.807) is 0 Å². The van der Waals surface area contributed by atoms with Gasteiger partial charge in [-0.05, 0) is 33.6 Å². The molecule has 1 aliphatic carbocycles. The van der Waals surface area contributed by atoms with E-state index in [-0.39, 0.29) is 5.54 Å². The molecule has 0 atom stereocenters. The highest BCUT2D eigenvalue weighted by Gasteiger charge is 2.16. The Morgan fingerprint density at radius 2 is 1.83 bits per heavy atom. The van der Waals surface area contributed by atoms with Crippen molar-refractivity contribution in [1.82, 2.24) is 10.6 Å². The lowest BCUT2D eigenvalue weighted by molar-refractivity contribution is 0.329. The highest BCUT2D eigenvalue weighted by atomic mass is 15.0. The molecular formula is C10H22N2. The van der Waals surface area contributed by atoms with Gasteiger partial charge in [-0.3, -0.25) is 0 Å². The maximum Gasteiger partial charge on any atom is 0.00970 e. The zero-order chi connectivity index (χ0) is 9.03. The number of hydrogen-bond acceptors (Lipinski definition) is 2. The second-order valence-electron chi connectivity index (χ2n) is 4.76. The fourth-order valence-corrected chi connectivity index (χ4v) is 1.33. The Hall–Kier alpha value is -0.0800. The molecule has 0 amide bonds.